The molecule has 2 aromatic carbocycles. The predicted molar refractivity (Wildman–Crippen MR) is 106 cm³/mol. The zero-order valence-corrected chi connectivity index (χ0v) is 15.8. The van der Waals surface area contributed by atoms with Crippen LogP contribution in [0.5, 0.6) is 5.75 Å². The van der Waals surface area contributed by atoms with Crippen molar-refractivity contribution in [1.29, 1.82) is 0 Å². The van der Waals surface area contributed by atoms with Gasteiger partial charge < -0.3 is 10.1 Å². The van der Waals surface area contributed by atoms with Gasteiger partial charge in [0.2, 0.25) is 0 Å². The average Bonchev–Trinajstić information content (AvgIpc) is 2.95. The van der Waals surface area contributed by atoms with Crippen molar-refractivity contribution in [3.05, 3.63) is 76.3 Å². The molecule has 0 bridgehead atoms. The minimum Gasteiger partial charge on any atom is -0.481 e. The average molecular weight is 398 g/mol. The molecule has 0 aliphatic carbocycles. The first-order valence-corrected chi connectivity index (χ1v) is 8.80. The first-order valence-electron chi connectivity index (χ1n) is 8.43. The highest BCUT2D eigenvalue weighted by Gasteiger charge is 2.20. The number of aromatic nitrogens is 2. The predicted octanol–water partition coefficient (Wildman–Crippen LogP) is 4.30. The fraction of sp³-hybridized carbons (Fsp3) is 0.143. The number of rotatable bonds is 6. The summed E-state index contributed by atoms with van der Waals surface area (Å²) in [6.07, 6.45) is 5.18. The number of halogens is 2. The third-order valence-corrected chi connectivity index (χ3v) is 4.34. The maximum absolute atomic E-state index is 13.1. The zero-order chi connectivity index (χ0) is 20.1. The van der Waals surface area contributed by atoms with E-state index in [9.17, 15) is 9.18 Å². The quantitative estimate of drug-likeness (QED) is 0.631. The van der Waals surface area contributed by atoms with Crippen LogP contribution < -0.4 is 10.1 Å². The molecule has 0 fully saturated rings. The SMILES string of the molecule is C#CCOc1cccc(NC(=O)c2c(C)nn(Cc3ccc(F)cc3)c2Cl)c1. The van der Waals surface area contributed by atoms with Crippen LogP contribution in [0.1, 0.15) is 21.6 Å². The van der Waals surface area contributed by atoms with Crippen LogP contribution in [0.3, 0.4) is 0 Å². The molecule has 7 heteroatoms. The molecular formula is C21H17ClFN3O2. The van der Waals surface area contributed by atoms with Crippen molar-refractivity contribution < 1.29 is 13.9 Å². The van der Waals surface area contributed by atoms with E-state index in [1.807, 2.05) is 0 Å². The Morgan fingerprint density at radius 2 is 2.07 bits per heavy atom. The van der Waals surface area contributed by atoms with Gasteiger partial charge in [0.25, 0.3) is 5.91 Å². The third kappa shape index (κ3) is 4.51. The van der Waals surface area contributed by atoms with Gasteiger partial charge in [0.05, 0.1) is 17.8 Å². The molecular weight excluding hydrogens is 381 g/mol. The summed E-state index contributed by atoms with van der Waals surface area (Å²) in [6, 6.07) is 12.9. The maximum atomic E-state index is 13.1. The molecule has 28 heavy (non-hydrogen) atoms. The number of benzene rings is 2. The number of carbonyl (C=O) groups is 1. The van der Waals surface area contributed by atoms with E-state index < -0.39 is 0 Å². The lowest BCUT2D eigenvalue weighted by atomic mass is 10.2. The molecule has 3 aromatic rings. The van der Waals surface area contributed by atoms with E-state index in [-0.39, 0.29) is 29.0 Å². The van der Waals surface area contributed by atoms with Gasteiger partial charge in [-0.1, -0.05) is 35.7 Å². The molecule has 1 N–H and O–H groups in total. The summed E-state index contributed by atoms with van der Waals surface area (Å²) >= 11 is 6.39. The van der Waals surface area contributed by atoms with Crippen molar-refractivity contribution in [3.8, 4) is 18.1 Å². The molecule has 0 unspecified atom stereocenters. The van der Waals surface area contributed by atoms with E-state index in [2.05, 4.69) is 16.3 Å². The minimum atomic E-state index is -0.387. The van der Waals surface area contributed by atoms with Crippen LogP contribution in [0.25, 0.3) is 0 Å². The number of amides is 1. The van der Waals surface area contributed by atoms with Gasteiger partial charge in [0.1, 0.15) is 23.3 Å². The van der Waals surface area contributed by atoms with Crippen LogP contribution >= 0.6 is 11.6 Å². The number of terminal acetylenes is 1. The zero-order valence-electron chi connectivity index (χ0n) is 15.1. The number of anilines is 1. The number of ether oxygens (including phenoxy) is 1. The Kier molecular flexibility index (Phi) is 5.97. The molecule has 0 aliphatic heterocycles. The van der Waals surface area contributed by atoms with Crippen molar-refractivity contribution in [2.24, 2.45) is 0 Å². The number of carbonyl (C=O) groups excluding carboxylic acids is 1. The number of nitrogens with zero attached hydrogens (tertiary/aromatic N) is 2. The molecule has 3 rings (SSSR count). The second-order valence-corrected chi connectivity index (χ2v) is 6.37. The Hall–Kier alpha value is -3.30. The fourth-order valence-corrected chi connectivity index (χ4v) is 2.98. The number of hydrogen-bond donors (Lipinski definition) is 1. The smallest absolute Gasteiger partial charge is 0.260 e. The normalized spacial score (nSPS) is 10.4. The molecule has 0 saturated carbocycles. The van der Waals surface area contributed by atoms with Gasteiger partial charge in [-0.05, 0) is 36.8 Å². The fourth-order valence-electron chi connectivity index (χ4n) is 2.66. The van der Waals surface area contributed by atoms with Gasteiger partial charge in [0, 0.05) is 11.8 Å². The monoisotopic (exact) mass is 397 g/mol. The second kappa shape index (κ2) is 8.59. The number of nitrogens with one attached hydrogen (secondary N) is 1. The van der Waals surface area contributed by atoms with Gasteiger partial charge in [-0.2, -0.15) is 5.10 Å². The van der Waals surface area contributed by atoms with Crippen LogP contribution in [-0.2, 0) is 6.54 Å². The van der Waals surface area contributed by atoms with Crippen LogP contribution in [0.15, 0.2) is 48.5 Å². The highest BCUT2D eigenvalue weighted by Crippen LogP contribution is 2.24. The van der Waals surface area contributed by atoms with Crippen LogP contribution in [0.2, 0.25) is 5.15 Å². The van der Waals surface area contributed by atoms with Gasteiger partial charge in [0.15, 0.2) is 0 Å². The van der Waals surface area contributed by atoms with E-state index in [1.165, 1.54) is 16.8 Å². The summed E-state index contributed by atoms with van der Waals surface area (Å²) in [5, 5.41) is 7.32. The van der Waals surface area contributed by atoms with Gasteiger partial charge in [-0.15, -0.1) is 6.42 Å². The van der Waals surface area contributed by atoms with Crippen LogP contribution in [0.4, 0.5) is 10.1 Å². The molecule has 5 nitrogen and oxygen atoms in total. The topological polar surface area (TPSA) is 56.1 Å². The van der Waals surface area contributed by atoms with Crippen molar-refractivity contribution in [3.63, 3.8) is 0 Å². The largest absolute Gasteiger partial charge is 0.481 e. The molecule has 0 atom stereocenters. The Labute approximate surface area is 167 Å². The molecule has 1 heterocycles. The van der Waals surface area contributed by atoms with E-state index in [1.54, 1.807) is 43.3 Å². The Balaban J connectivity index is 1.78. The summed E-state index contributed by atoms with van der Waals surface area (Å²) in [7, 11) is 0. The number of hydrogen-bond acceptors (Lipinski definition) is 3. The van der Waals surface area contributed by atoms with E-state index in [4.69, 9.17) is 22.8 Å². The van der Waals surface area contributed by atoms with Crippen molar-refractivity contribution in [1.82, 2.24) is 9.78 Å². The molecule has 142 valence electrons. The first-order chi connectivity index (χ1) is 13.5. The van der Waals surface area contributed by atoms with E-state index >= 15 is 0 Å². The van der Waals surface area contributed by atoms with Crippen molar-refractivity contribution in [2.45, 2.75) is 13.5 Å². The molecule has 0 saturated heterocycles. The lowest BCUT2D eigenvalue weighted by Crippen LogP contribution is -2.13. The van der Waals surface area contributed by atoms with Crippen LogP contribution in [-0.4, -0.2) is 22.3 Å². The van der Waals surface area contributed by atoms with Gasteiger partial charge >= 0.3 is 0 Å². The first kappa shape index (κ1) is 19.5. The lowest BCUT2D eigenvalue weighted by molar-refractivity contribution is 0.102. The Bertz CT molecular complexity index is 1040. The van der Waals surface area contributed by atoms with E-state index in [0.717, 1.165) is 5.56 Å². The standard InChI is InChI=1S/C21H17ClFN3O2/c1-3-11-28-18-6-4-5-17(12-18)24-21(27)19-14(2)25-26(20(19)22)13-15-7-9-16(23)10-8-15/h1,4-10,12H,11,13H2,2H3,(H,24,27). The van der Waals surface area contributed by atoms with Crippen molar-refractivity contribution in [2.75, 3.05) is 11.9 Å². The molecule has 1 amide bonds. The lowest BCUT2D eigenvalue weighted by Gasteiger charge is -2.08. The maximum Gasteiger partial charge on any atom is 0.260 e. The van der Waals surface area contributed by atoms with Crippen molar-refractivity contribution >= 4 is 23.2 Å². The van der Waals surface area contributed by atoms with Crippen LogP contribution in [0, 0.1) is 25.1 Å². The minimum absolute atomic E-state index is 0.137. The second-order valence-electron chi connectivity index (χ2n) is 6.01. The summed E-state index contributed by atoms with van der Waals surface area (Å²) in [5.74, 6) is 2.22. The molecule has 1 aromatic heterocycles. The highest BCUT2D eigenvalue weighted by molar-refractivity contribution is 6.33. The number of aryl methyl sites for hydroxylation is 1. The Morgan fingerprint density at radius 3 is 2.79 bits per heavy atom. The highest BCUT2D eigenvalue weighted by atomic mass is 35.5. The summed E-state index contributed by atoms with van der Waals surface area (Å²) in [6.45, 7) is 2.16. The molecule has 0 spiro atoms. The third-order valence-electron chi connectivity index (χ3n) is 3.95. The van der Waals surface area contributed by atoms with Gasteiger partial charge in [-0.3, -0.25) is 4.79 Å². The molecule has 0 aliphatic rings. The summed E-state index contributed by atoms with van der Waals surface area (Å²) < 4.78 is 19.9. The Morgan fingerprint density at radius 1 is 1.32 bits per heavy atom. The molecule has 0 radical (unpaired) electrons. The summed E-state index contributed by atoms with van der Waals surface area (Å²) in [4.78, 5) is 12.7. The van der Waals surface area contributed by atoms with Gasteiger partial charge in [-0.25, -0.2) is 9.07 Å². The van der Waals surface area contributed by atoms with E-state index in [0.29, 0.717) is 23.7 Å². The summed E-state index contributed by atoms with van der Waals surface area (Å²) in [5.41, 5.74) is 2.13.